The van der Waals surface area contributed by atoms with E-state index >= 15 is 0 Å². The summed E-state index contributed by atoms with van der Waals surface area (Å²) < 4.78 is 10.8. The van der Waals surface area contributed by atoms with Gasteiger partial charge in [-0.2, -0.15) is 0 Å². The molecule has 0 saturated carbocycles. The van der Waals surface area contributed by atoms with Crippen molar-refractivity contribution in [1.29, 1.82) is 0 Å². The summed E-state index contributed by atoms with van der Waals surface area (Å²) in [5, 5.41) is 3.46. The number of anilines is 1. The molecule has 0 aromatic heterocycles. The molecule has 1 fully saturated rings. The lowest BCUT2D eigenvalue weighted by Crippen LogP contribution is -2.46. The molecule has 2 rings (SSSR count). The van der Waals surface area contributed by atoms with Crippen LogP contribution in [0.5, 0.6) is 5.75 Å². The van der Waals surface area contributed by atoms with E-state index in [1.54, 1.807) is 18.2 Å². The number of hydrogen-bond acceptors (Lipinski definition) is 4. The van der Waals surface area contributed by atoms with Crippen molar-refractivity contribution in [2.75, 3.05) is 31.7 Å². The van der Waals surface area contributed by atoms with Crippen LogP contribution in [0.3, 0.4) is 0 Å². The SMILES string of the molecule is CCOc1ccc(Cl)cc1NC(=O)C1(CN)CCOCC1. The quantitative estimate of drug-likeness (QED) is 0.876. The van der Waals surface area contributed by atoms with Crippen LogP contribution in [0.4, 0.5) is 5.69 Å². The van der Waals surface area contributed by atoms with Gasteiger partial charge in [0.15, 0.2) is 0 Å². The lowest BCUT2D eigenvalue weighted by atomic mass is 9.79. The van der Waals surface area contributed by atoms with Gasteiger partial charge in [-0.15, -0.1) is 0 Å². The Hall–Kier alpha value is -1.30. The van der Waals surface area contributed by atoms with E-state index < -0.39 is 5.41 Å². The second-order valence-electron chi connectivity index (χ2n) is 5.12. The number of hydrogen-bond donors (Lipinski definition) is 2. The zero-order valence-electron chi connectivity index (χ0n) is 12.2. The summed E-state index contributed by atoms with van der Waals surface area (Å²) in [6.07, 6.45) is 1.25. The molecule has 1 heterocycles. The highest BCUT2D eigenvalue weighted by atomic mass is 35.5. The second-order valence-corrected chi connectivity index (χ2v) is 5.56. The van der Waals surface area contributed by atoms with Crippen molar-refractivity contribution in [2.45, 2.75) is 19.8 Å². The number of carbonyl (C=O) groups excluding carboxylic acids is 1. The van der Waals surface area contributed by atoms with Crippen molar-refractivity contribution >= 4 is 23.2 Å². The number of amides is 1. The van der Waals surface area contributed by atoms with Gasteiger partial charge in [0, 0.05) is 24.8 Å². The molecule has 1 aliphatic heterocycles. The fraction of sp³-hybridized carbons (Fsp3) is 0.533. The molecule has 5 nitrogen and oxygen atoms in total. The van der Waals surface area contributed by atoms with Gasteiger partial charge in [0.25, 0.3) is 0 Å². The number of nitrogens with two attached hydrogens (primary N) is 1. The highest BCUT2D eigenvalue weighted by Gasteiger charge is 2.39. The third kappa shape index (κ3) is 3.67. The summed E-state index contributed by atoms with van der Waals surface area (Å²) in [6, 6.07) is 5.17. The number of nitrogens with one attached hydrogen (secondary N) is 1. The number of carbonyl (C=O) groups is 1. The fourth-order valence-electron chi connectivity index (χ4n) is 2.42. The van der Waals surface area contributed by atoms with Crippen molar-refractivity contribution < 1.29 is 14.3 Å². The molecule has 116 valence electrons. The molecular weight excluding hydrogens is 292 g/mol. The van der Waals surface area contributed by atoms with Crippen molar-refractivity contribution in [2.24, 2.45) is 11.1 Å². The van der Waals surface area contributed by atoms with E-state index in [0.717, 1.165) is 0 Å². The van der Waals surface area contributed by atoms with Crippen LogP contribution in [-0.2, 0) is 9.53 Å². The maximum atomic E-state index is 12.6. The predicted molar refractivity (Wildman–Crippen MR) is 82.8 cm³/mol. The first kappa shape index (κ1) is 16.1. The van der Waals surface area contributed by atoms with Gasteiger partial charge < -0.3 is 20.5 Å². The fourth-order valence-corrected chi connectivity index (χ4v) is 2.59. The van der Waals surface area contributed by atoms with Crippen molar-refractivity contribution in [3.05, 3.63) is 23.2 Å². The van der Waals surface area contributed by atoms with Crippen LogP contribution in [0, 0.1) is 5.41 Å². The summed E-state index contributed by atoms with van der Waals surface area (Å²) in [6.45, 7) is 3.81. The van der Waals surface area contributed by atoms with E-state index in [4.69, 9.17) is 26.8 Å². The predicted octanol–water partition coefficient (Wildman–Crippen LogP) is 2.43. The molecular formula is C15H21ClN2O3. The summed E-state index contributed by atoms with van der Waals surface area (Å²) in [5.74, 6) is 0.506. The first-order chi connectivity index (χ1) is 10.1. The summed E-state index contributed by atoms with van der Waals surface area (Å²) in [4.78, 5) is 12.6. The van der Waals surface area contributed by atoms with E-state index in [0.29, 0.717) is 55.7 Å². The zero-order chi connectivity index (χ0) is 15.3. The van der Waals surface area contributed by atoms with Gasteiger partial charge in [-0.3, -0.25) is 4.79 Å². The Morgan fingerprint density at radius 1 is 1.48 bits per heavy atom. The molecule has 21 heavy (non-hydrogen) atoms. The van der Waals surface area contributed by atoms with Crippen LogP contribution in [0.2, 0.25) is 5.02 Å². The van der Waals surface area contributed by atoms with Gasteiger partial charge in [-0.1, -0.05) is 11.6 Å². The molecule has 1 aromatic rings. The third-order valence-corrected chi connectivity index (χ3v) is 4.05. The second kappa shape index (κ2) is 7.11. The van der Waals surface area contributed by atoms with Crippen LogP contribution in [0.25, 0.3) is 0 Å². The van der Waals surface area contributed by atoms with Crippen molar-refractivity contribution in [3.8, 4) is 5.75 Å². The summed E-state index contributed by atoms with van der Waals surface area (Å²) >= 11 is 6.00. The van der Waals surface area contributed by atoms with Crippen LogP contribution in [-0.4, -0.2) is 32.3 Å². The zero-order valence-corrected chi connectivity index (χ0v) is 12.9. The van der Waals surface area contributed by atoms with Crippen LogP contribution < -0.4 is 15.8 Å². The van der Waals surface area contributed by atoms with E-state index in [-0.39, 0.29) is 5.91 Å². The standard InChI is InChI=1S/C15H21ClN2O3/c1-2-21-13-4-3-11(16)9-12(13)18-14(19)15(10-17)5-7-20-8-6-15/h3-4,9H,2,5-8,10,17H2,1H3,(H,18,19). The van der Waals surface area contributed by atoms with Crippen molar-refractivity contribution in [3.63, 3.8) is 0 Å². The van der Waals surface area contributed by atoms with Crippen LogP contribution >= 0.6 is 11.6 Å². The minimum atomic E-state index is -0.579. The Morgan fingerprint density at radius 2 is 2.19 bits per heavy atom. The molecule has 0 aliphatic carbocycles. The molecule has 0 unspecified atom stereocenters. The number of benzene rings is 1. The molecule has 0 spiro atoms. The molecule has 1 saturated heterocycles. The van der Waals surface area contributed by atoms with Gasteiger partial charge in [0.1, 0.15) is 5.75 Å². The van der Waals surface area contributed by atoms with E-state index in [1.165, 1.54) is 0 Å². The molecule has 1 aliphatic rings. The van der Waals surface area contributed by atoms with E-state index in [1.807, 2.05) is 6.92 Å². The Labute approximate surface area is 129 Å². The Kier molecular flexibility index (Phi) is 5.45. The Morgan fingerprint density at radius 3 is 2.81 bits per heavy atom. The third-order valence-electron chi connectivity index (χ3n) is 3.81. The first-order valence-electron chi connectivity index (χ1n) is 7.13. The molecule has 0 bridgehead atoms. The molecule has 6 heteroatoms. The molecule has 0 atom stereocenters. The monoisotopic (exact) mass is 312 g/mol. The highest BCUT2D eigenvalue weighted by molar-refractivity contribution is 6.31. The number of rotatable bonds is 5. The Bertz CT molecular complexity index is 502. The van der Waals surface area contributed by atoms with Gasteiger partial charge in [-0.25, -0.2) is 0 Å². The van der Waals surface area contributed by atoms with E-state index in [9.17, 15) is 4.79 Å². The summed E-state index contributed by atoms with van der Waals surface area (Å²) in [5.41, 5.74) is 5.84. The first-order valence-corrected chi connectivity index (χ1v) is 7.51. The Balaban J connectivity index is 2.19. The largest absolute Gasteiger partial charge is 0.492 e. The maximum Gasteiger partial charge on any atom is 0.232 e. The lowest BCUT2D eigenvalue weighted by Gasteiger charge is -2.34. The minimum Gasteiger partial charge on any atom is -0.492 e. The lowest BCUT2D eigenvalue weighted by molar-refractivity contribution is -0.130. The van der Waals surface area contributed by atoms with Gasteiger partial charge in [0.05, 0.1) is 17.7 Å². The number of halogens is 1. The maximum absolute atomic E-state index is 12.6. The highest BCUT2D eigenvalue weighted by Crippen LogP contribution is 2.34. The van der Waals surface area contributed by atoms with Crippen LogP contribution in [0.15, 0.2) is 18.2 Å². The van der Waals surface area contributed by atoms with Crippen LogP contribution in [0.1, 0.15) is 19.8 Å². The van der Waals surface area contributed by atoms with Gasteiger partial charge >= 0.3 is 0 Å². The topological polar surface area (TPSA) is 73.6 Å². The summed E-state index contributed by atoms with van der Waals surface area (Å²) in [7, 11) is 0. The minimum absolute atomic E-state index is 0.100. The number of ether oxygens (including phenoxy) is 2. The molecule has 1 aromatic carbocycles. The molecule has 1 amide bonds. The normalized spacial score (nSPS) is 17.3. The smallest absolute Gasteiger partial charge is 0.232 e. The van der Waals surface area contributed by atoms with Gasteiger partial charge in [-0.05, 0) is 38.0 Å². The van der Waals surface area contributed by atoms with E-state index in [2.05, 4.69) is 5.32 Å². The molecule has 0 radical (unpaired) electrons. The van der Waals surface area contributed by atoms with Crippen molar-refractivity contribution in [1.82, 2.24) is 0 Å². The average molecular weight is 313 g/mol. The average Bonchev–Trinajstić information content (AvgIpc) is 2.50. The van der Waals surface area contributed by atoms with Gasteiger partial charge in [0.2, 0.25) is 5.91 Å². The molecule has 3 N–H and O–H groups in total.